The van der Waals surface area contributed by atoms with Gasteiger partial charge in [-0.1, -0.05) is 164 Å². The minimum atomic E-state index is 0.692. The Labute approximate surface area is 329 Å². The van der Waals surface area contributed by atoms with Crippen molar-refractivity contribution in [3.05, 3.63) is 200 Å². The molecule has 0 atom stereocenters. The van der Waals surface area contributed by atoms with Gasteiger partial charge < -0.3 is 4.42 Å². The molecule has 4 heteroatoms. The van der Waals surface area contributed by atoms with Gasteiger partial charge in [0.15, 0.2) is 11.4 Å². The van der Waals surface area contributed by atoms with Crippen LogP contribution in [-0.4, -0.2) is 15.0 Å². The zero-order chi connectivity index (χ0) is 37.7. The van der Waals surface area contributed by atoms with E-state index in [9.17, 15) is 0 Å². The molecule has 0 unspecified atom stereocenters. The molecule has 3 heterocycles. The van der Waals surface area contributed by atoms with Gasteiger partial charge in [0.05, 0.1) is 16.9 Å². The average molecular weight is 728 g/mol. The van der Waals surface area contributed by atoms with E-state index in [-0.39, 0.29) is 0 Å². The SMILES string of the molecule is c1ccc(-c2cccc(-c3cc(-c4ccc(-c5cccc(-c6nc7cc8ccccc8cc7c7c6oc6ccccc67)c5)cc4)nc(-c4ccccc4)n3)c2)cc1. The van der Waals surface area contributed by atoms with Gasteiger partial charge >= 0.3 is 0 Å². The van der Waals surface area contributed by atoms with Gasteiger partial charge in [-0.2, -0.15) is 0 Å². The topological polar surface area (TPSA) is 51.8 Å². The first-order chi connectivity index (χ1) is 28.2. The van der Waals surface area contributed by atoms with E-state index in [1.54, 1.807) is 0 Å². The van der Waals surface area contributed by atoms with E-state index in [4.69, 9.17) is 19.4 Å². The van der Waals surface area contributed by atoms with Crippen LogP contribution in [0.1, 0.15) is 0 Å². The molecule has 3 aromatic heterocycles. The fourth-order valence-electron chi connectivity index (χ4n) is 8.00. The molecular weight excluding hydrogens is 695 g/mol. The van der Waals surface area contributed by atoms with Gasteiger partial charge in [-0.25, -0.2) is 15.0 Å². The minimum absolute atomic E-state index is 0.692. The van der Waals surface area contributed by atoms with Crippen LogP contribution in [0, 0.1) is 0 Å². The minimum Gasteiger partial charge on any atom is -0.454 e. The largest absolute Gasteiger partial charge is 0.454 e. The molecule has 266 valence electrons. The number of benzene rings is 8. The van der Waals surface area contributed by atoms with Gasteiger partial charge in [0.25, 0.3) is 0 Å². The lowest BCUT2D eigenvalue weighted by atomic mass is 9.97. The van der Waals surface area contributed by atoms with Crippen LogP contribution in [0.5, 0.6) is 0 Å². The van der Waals surface area contributed by atoms with Crippen molar-refractivity contribution in [2.24, 2.45) is 0 Å². The number of aromatic nitrogens is 3. The number of nitrogens with zero attached hydrogens (tertiary/aromatic N) is 3. The lowest BCUT2D eigenvalue weighted by molar-refractivity contribution is 0.669. The van der Waals surface area contributed by atoms with Gasteiger partial charge in [-0.15, -0.1) is 0 Å². The van der Waals surface area contributed by atoms with Gasteiger partial charge in [-0.05, 0) is 69.4 Å². The Balaban J connectivity index is 0.996. The summed E-state index contributed by atoms with van der Waals surface area (Å²) in [4.78, 5) is 15.5. The first-order valence-electron chi connectivity index (χ1n) is 19.2. The molecule has 57 heavy (non-hydrogen) atoms. The Morgan fingerprint density at radius 3 is 1.63 bits per heavy atom. The van der Waals surface area contributed by atoms with Crippen molar-refractivity contribution in [2.45, 2.75) is 0 Å². The molecule has 11 rings (SSSR count). The van der Waals surface area contributed by atoms with Crippen LogP contribution in [0.15, 0.2) is 205 Å². The summed E-state index contributed by atoms with van der Waals surface area (Å²) in [6.07, 6.45) is 0. The first kappa shape index (κ1) is 32.7. The molecule has 0 aliphatic heterocycles. The molecule has 0 aliphatic rings. The monoisotopic (exact) mass is 727 g/mol. The second-order valence-electron chi connectivity index (χ2n) is 14.4. The highest BCUT2D eigenvalue weighted by Crippen LogP contribution is 2.41. The Morgan fingerprint density at radius 2 is 0.877 bits per heavy atom. The molecule has 0 saturated carbocycles. The summed E-state index contributed by atoms with van der Waals surface area (Å²) in [6, 6.07) is 69.7. The molecule has 0 spiro atoms. The number of furan rings is 1. The number of rotatable bonds is 6. The molecule has 0 fully saturated rings. The van der Waals surface area contributed by atoms with Crippen molar-refractivity contribution >= 4 is 43.6 Å². The standard InChI is InChI=1S/C53H33N3O/c1-3-13-34(14-4-1)38-19-11-21-42(29-38)47-33-46(55-53(56-47)37-15-5-2-6-16-37)36-27-25-35(26-28-36)39-20-12-22-43(30-39)51-52-50(44-23-9-10-24-49(44)57-52)45-31-40-17-7-8-18-41(40)32-48(45)54-51/h1-33H. The van der Waals surface area contributed by atoms with E-state index in [0.29, 0.717) is 5.82 Å². The normalized spacial score (nSPS) is 11.5. The zero-order valence-corrected chi connectivity index (χ0v) is 30.8. The molecule has 0 saturated heterocycles. The third kappa shape index (κ3) is 5.92. The maximum Gasteiger partial charge on any atom is 0.162 e. The summed E-state index contributed by atoms with van der Waals surface area (Å²) in [5.74, 6) is 0.692. The quantitative estimate of drug-likeness (QED) is 0.160. The van der Waals surface area contributed by atoms with Gasteiger partial charge in [0.2, 0.25) is 0 Å². The van der Waals surface area contributed by atoms with Crippen molar-refractivity contribution in [1.29, 1.82) is 0 Å². The summed E-state index contributed by atoms with van der Waals surface area (Å²) < 4.78 is 6.61. The van der Waals surface area contributed by atoms with E-state index in [1.807, 2.05) is 36.4 Å². The first-order valence-corrected chi connectivity index (χ1v) is 19.2. The fourth-order valence-corrected chi connectivity index (χ4v) is 8.00. The van der Waals surface area contributed by atoms with Crippen molar-refractivity contribution in [3.63, 3.8) is 0 Å². The Bertz CT molecular complexity index is 3280. The van der Waals surface area contributed by atoms with Crippen LogP contribution < -0.4 is 0 Å². The fraction of sp³-hybridized carbons (Fsp3) is 0. The predicted molar refractivity (Wildman–Crippen MR) is 235 cm³/mol. The molecule has 0 aliphatic carbocycles. The average Bonchev–Trinajstić information content (AvgIpc) is 3.69. The molecule has 0 N–H and O–H groups in total. The summed E-state index contributed by atoms with van der Waals surface area (Å²) >= 11 is 0. The third-order valence-corrected chi connectivity index (χ3v) is 10.8. The Morgan fingerprint density at radius 1 is 0.333 bits per heavy atom. The van der Waals surface area contributed by atoms with E-state index < -0.39 is 0 Å². The molecule has 11 aromatic rings. The predicted octanol–water partition coefficient (Wildman–Crippen LogP) is 14.1. The lowest BCUT2D eigenvalue weighted by Crippen LogP contribution is -1.96. The molecule has 0 amide bonds. The zero-order valence-electron chi connectivity index (χ0n) is 30.8. The van der Waals surface area contributed by atoms with Crippen LogP contribution in [0.3, 0.4) is 0 Å². The lowest BCUT2D eigenvalue weighted by Gasteiger charge is -2.12. The van der Waals surface area contributed by atoms with Crippen LogP contribution in [0.2, 0.25) is 0 Å². The van der Waals surface area contributed by atoms with Crippen LogP contribution in [0.25, 0.3) is 111 Å². The highest BCUT2D eigenvalue weighted by atomic mass is 16.3. The second-order valence-corrected chi connectivity index (χ2v) is 14.4. The molecule has 8 aromatic carbocycles. The Hall–Kier alpha value is -7.69. The highest BCUT2D eigenvalue weighted by molar-refractivity contribution is 6.22. The van der Waals surface area contributed by atoms with E-state index in [0.717, 1.165) is 94.3 Å². The maximum atomic E-state index is 6.61. The highest BCUT2D eigenvalue weighted by Gasteiger charge is 2.19. The summed E-state index contributed by atoms with van der Waals surface area (Å²) in [7, 11) is 0. The van der Waals surface area contributed by atoms with Crippen LogP contribution in [-0.2, 0) is 0 Å². The van der Waals surface area contributed by atoms with Gasteiger partial charge in [0.1, 0.15) is 11.3 Å². The van der Waals surface area contributed by atoms with Crippen LogP contribution >= 0.6 is 0 Å². The molecule has 0 bridgehead atoms. The second kappa shape index (κ2) is 13.6. The number of hydrogen-bond donors (Lipinski definition) is 0. The Kier molecular flexibility index (Phi) is 7.78. The number of hydrogen-bond acceptors (Lipinski definition) is 4. The van der Waals surface area contributed by atoms with Crippen molar-refractivity contribution < 1.29 is 4.42 Å². The number of para-hydroxylation sites is 1. The van der Waals surface area contributed by atoms with Crippen molar-refractivity contribution in [3.8, 4) is 67.4 Å². The summed E-state index contributed by atoms with van der Waals surface area (Å²) in [5.41, 5.74) is 13.7. The maximum absolute atomic E-state index is 6.61. The molecule has 0 radical (unpaired) electrons. The van der Waals surface area contributed by atoms with Gasteiger partial charge in [-0.3, -0.25) is 0 Å². The van der Waals surface area contributed by atoms with E-state index >= 15 is 0 Å². The number of fused-ring (bicyclic) bond motifs is 6. The third-order valence-electron chi connectivity index (χ3n) is 10.8. The van der Waals surface area contributed by atoms with Crippen molar-refractivity contribution in [1.82, 2.24) is 15.0 Å². The van der Waals surface area contributed by atoms with E-state index in [1.165, 1.54) is 10.9 Å². The van der Waals surface area contributed by atoms with Gasteiger partial charge in [0, 0.05) is 38.4 Å². The molecule has 4 nitrogen and oxygen atoms in total. The summed E-state index contributed by atoms with van der Waals surface area (Å²) in [5, 5.41) is 5.63. The number of pyridine rings is 1. The summed E-state index contributed by atoms with van der Waals surface area (Å²) in [6.45, 7) is 0. The van der Waals surface area contributed by atoms with E-state index in [2.05, 4.69) is 164 Å². The molecular formula is C53H33N3O. The van der Waals surface area contributed by atoms with Crippen LogP contribution in [0.4, 0.5) is 0 Å². The smallest absolute Gasteiger partial charge is 0.162 e. The van der Waals surface area contributed by atoms with Crippen molar-refractivity contribution in [2.75, 3.05) is 0 Å².